The molecule has 0 saturated carbocycles. The average molecular weight is 310 g/mol. The number of hydrogen-bond donors (Lipinski definition) is 1. The number of piperidine rings is 1. The van der Waals surface area contributed by atoms with E-state index >= 15 is 0 Å². The van der Waals surface area contributed by atoms with E-state index in [2.05, 4.69) is 5.32 Å². The topological polar surface area (TPSA) is 58.6 Å². The SMILES string of the molecule is CC(=O)N[C@@H]1CC[C@H](C(F)(F)F)N(C(=O)COC(C)C)C1. The van der Waals surface area contributed by atoms with Gasteiger partial charge in [0.15, 0.2) is 0 Å². The number of nitrogens with zero attached hydrogens (tertiary/aromatic N) is 1. The van der Waals surface area contributed by atoms with Crippen LogP contribution in [0.15, 0.2) is 0 Å². The molecule has 1 rings (SSSR count). The van der Waals surface area contributed by atoms with Gasteiger partial charge in [0.1, 0.15) is 12.6 Å². The second-order valence-electron chi connectivity index (χ2n) is 5.44. The summed E-state index contributed by atoms with van der Waals surface area (Å²) in [6, 6.07) is -2.27. The molecule has 0 radical (unpaired) electrons. The summed E-state index contributed by atoms with van der Waals surface area (Å²) >= 11 is 0. The number of carbonyl (C=O) groups excluding carboxylic acids is 2. The number of halogens is 3. The van der Waals surface area contributed by atoms with Gasteiger partial charge in [0.25, 0.3) is 0 Å². The third-order valence-corrected chi connectivity index (χ3v) is 3.23. The van der Waals surface area contributed by atoms with Crippen LogP contribution in [0.25, 0.3) is 0 Å². The van der Waals surface area contributed by atoms with E-state index < -0.39 is 30.8 Å². The summed E-state index contributed by atoms with van der Waals surface area (Å²) < 4.78 is 44.1. The lowest BCUT2D eigenvalue weighted by molar-refractivity contribution is -0.199. The van der Waals surface area contributed by atoms with Crippen LogP contribution in [0.3, 0.4) is 0 Å². The Labute approximate surface area is 121 Å². The summed E-state index contributed by atoms with van der Waals surface area (Å²) in [5, 5.41) is 2.56. The monoisotopic (exact) mass is 310 g/mol. The van der Waals surface area contributed by atoms with Crippen molar-refractivity contribution in [2.75, 3.05) is 13.2 Å². The second kappa shape index (κ2) is 7.11. The Morgan fingerprint density at radius 2 is 1.95 bits per heavy atom. The van der Waals surface area contributed by atoms with Crippen molar-refractivity contribution in [2.45, 2.75) is 58.0 Å². The number of nitrogens with one attached hydrogen (secondary N) is 1. The number of rotatable bonds is 4. The Morgan fingerprint density at radius 3 is 2.43 bits per heavy atom. The zero-order valence-electron chi connectivity index (χ0n) is 12.4. The van der Waals surface area contributed by atoms with Gasteiger partial charge in [-0.3, -0.25) is 9.59 Å². The molecule has 2 atom stereocenters. The van der Waals surface area contributed by atoms with Crippen molar-refractivity contribution >= 4 is 11.8 Å². The maximum absolute atomic E-state index is 13.0. The molecule has 1 aliphatic heterocycles. The number of carbonyl (C=O) groups is 2. The minimum absolute atomic E-state index is 0.149. The predicted octanol–water partition coefficient (Wildman–Crippen LogP) is 1.47. The Balaban J connectivity index is 2.78. The first kappa shape index (κ1) is 17.7. The maximum Gasteiger partial charge on any atom is 0.408 e. The first-order chi connectivity index (χ1) is 9.61. The third-order valence-electron chi connectivity index (χ3n) is 3.23. The van der Waals surface area contributed by atoms with E-state index in [9.17, 15) is 22.8 Å². The molecule has 0 aromatic heterocycles. The Kier molecular flexibility index (Phi) is 6.00. The lowest BCUT2D eigenvalue weighted by atomic mass is 9.97. The van der Waals surface area contributed by atoms with Gasteiger partial charge in [0.2, 0.25) is 11.8 Å². The first-order valence-corrected chi connectivity index (χ1v) is 6.86. The molecule has 8 heteroatoms. The number of likely N-dealkylation sites (tertiary alicyclic amines) is 1. The molecule has 0 bridgehead atoms. The second-order valence-corrected chi connectivity index (χ2v) is 5.44. The molecule has 21 heavy (non-hydrogen) atoms. The summed E-state index contributed by atoms with van der Waals surface area (Å²) in [6.45, 7) is 4.15. The highest BCUT2D eigenvalue weighted by Crippen LogP contribution is 2.32. The molecule has 2 amide bonds. The smallest absolute Gasteiger partial charge is 0.369 e. The van der Waals surface area contributed by atoms with Crippen LogP contribution in [0.4, 0.5) is 13.2 Å². The molecular formula is C13H21F3N2O3. The highest BCUT2D eigenvalue weighted by Gasteiger charge is 2.48. The molecule has 1 fully saturated rings. The minimum Gasteiger partial charge on any atom is -0.369 e. The maximum atomic E-state index is 13.0. The van der Waals surface area contributed by atoms with Crippen molar-refractivity contribution < 1.29 is 27.5 Å². The van der Waals surface area contributed by atoms with E-state index in [1.165, 1.54) is 6.92 Å². The molecule has 5 nitrogen and oxygen atoms in total. The van der Waals surface area contributed by atoms with Crippen molar-refractivity contribution in [3.8, 4) is 0 Å². The Bertz CT molecular complexity index is 385. The molecule has 1 aliphatic rings. The van der Waals surface area contributed by atoms with Gasteiger partial charge >= 0.3 is 6.18 Å². The van der Waals surface area contributed by atoms with E-state index in [1.807, 2.05) is 0 Å². The normalized spacial score (nSPS) is 23.3. The predicted molar refractivity (Wildman–Crippen MR) is 69.5 cm³/mol. The molecule has 0 spiro atoms. The van der Waals surface area contributed by atoms with Crippen molar-refractivity contribution in [3.63, 3.8) is 0 Å². The van der Waals surface area contributed by atoms with Gasteiger partial charge in [-0.2, -0.15) is 13.2 Å². The van der Waals surface area contributed by atoms with Gasteiger partial charge in [-0.1, -0.05) is 0 Å². The van der Waals surface area contributed by atoms with Gasteiger partial charge in [-0.15, -0.1) is 0 Å². The molecular weight excluding hydrogens is 289 g/mol. The Morgan fingerprint density at radius 1 is 1.33 bits per heavy atom. The van der Waals surface area contributed by atoms with Gasteiger partial charge in [-0.05, 0) is 26.7 Å². The van der Waals surface area contributed by atoms with Crippen LogP contribution >= 0.6 is 0 Å². The van der Waals surface area contributed by atoms with Crippen LogP contribution in [-0.4, -0.2) is 54.2 Å². The quantitative estimate of drug-likeness (QED) is 0.855. The van der Waals surface area contributed by atoms with Gasteiger partial charge < -0.3 is 15.0 Å². The van der Waals surface area contributed by atoms with Crippen molar-refractivity contribution in [3.05, 3.63) is 0 Å². The van der Waals surface area contributed by atoms with Crippen LogP contribution in [0.5, 0.6) is 0 Å². The highest BCUT2D eigenvalue weighted by atomic mass is 19.4. The molecule has 1 saturated heterocycles. The van der Waals surface area contributed by atoms with E-state index in [0.29, 0.717) is 0 Å². The van der Waals surface area contributed by atoms with Gasteiger partial charge in [-0.25, -0.2) is 0 Å². The zero-order valence-corrected chi connectivity index (χ0v) is 12.4. The molecule has 0 aromatic carbocycles. The van der Waals surface area contributed by atoms with Crippen molar-refractivity contribution in [1.82, 2.24) is 10.2 Å². The fourth-order valence-electron chi connectivity index (χ4n) is 2.31. The zero-order chi connectivity index (χ0) is 16.2. The van der Waals surface area contributed by atoms with E-state index in [-0.39, 0.29) is 31.4 Å². The summed E-state index contributed by atoms with van der Waals surface area (Å²) in [4.78, 5) is 23.8. The molecule has 0 unspecified atom stereocenters. The summed E-state index contributed by atoms with van der Waals surface area (Å²) in [6.07, 6.45) is -4.75. The highest BCUT2D eigenvalue weighted by molar-refractivity contribution is 5.78. The van der Waals surface area contributed by atoms with E-state index in [0.717, 1.165) is 4.90 Å². The number of amides is 2. The van der Waals surface area contributed by atoms with Gasteiger partial charge in [0.05, 0.1) is 6.10 Å². The van der Waals surface area contributed by atoms with Crippen molar-refractivity contribution in [1.29, 1.82) is 0 Å². The van der Waals surface area contributed by atoms with E-state index in [4.69, 9.17) is 4.74 Å². The summed E-state index contributed by atoms with van der Waals surface area (Å²) in [5.74, 6) is -1.03. The fraction of sp³-hybridized carbons (Fsp3) is 0.846. The van der Waals surface area contributed by atoms with Crippen LogP contribution in [0.2, 0.25) is 0 Å². The van der Waals surface area contributed by atoms with Crippen LogP contribution in [-0.2, 0) is 14.3 Å². The lowest BCUT2D eigenvalue weighted by Crippen LogP contribution is -2.58. The number of alkyl halides is 3. The van der Waals surface area contributed by atoms with Crippen LogP contribution < -0.4 is 5.32 Å². The van der Waals surface area contributed by atoms with E-state index in [1.54, 1.807) is 13.8 Å². The molecule has 1 heterocycles. The molecule has 122 valence electrons. The third kappa shape index (κ3) is 5.53. The summed E-state index contributed by atoms with van der Waals surface area (Å²) in [7, 11) is 0. The molecule has 0 aliphatic carbocycles. The fourth-order valence-corrected chi connectivity index (χ4v) is 2.31. The molecule has 1 N–H and O–H groups in total. The standard InChI is InChI=1S/C13H21F3N2O3/c1-8(2)21-7-12(20)18-6-10(17-9(3)19)4-5-11(18)13(14,15)16/h8,10-11H,4-7H2,1-3H3,(H,17,19)/t10-,11-/m1/s1. The minimum atomic E-state index is -4.48. The molecule has 0 aromatic rings. The largest absolute Gasteiger partial charge is 0.408 e. The van der Waals surface area contributed by atoms with Crippen LogP contribution in [0, 0.1) is 0 Å². The van der Waals surface area contributed by atoms with Crippen LogP contribution in [0.1, 0.15) is 33.6 Å². The summed E-state index contributed by atoms with van der Waals surface area (Å²) in [5.41, 5.74) is 0. The number of ether oxygens (including phenoxy) is 1. The first-order valence-electron chi connectivity index (χ1n) is 6.86. The average Bonchev–Trinajstić information content (AvgIpc) is 2.33. The number of hydrogen-bond acceptors (Lipinski definition) is 3. The van der Waals surface area contributed by atoms with Gasteiger partial charge in [0, 0.05) is 19.5 Å². The Hall–Kier alpha value is -1.31. The van der Waals surface area contributed by atoms with Crippen molar-refractivity contribution in [2.24, 2.45) is 0 Å². The lowest BCUT2D eigenvalue weighted by Gasteiger charge is -2.40.